The van der Waals surface area contributed by atoms with Gasteiger partial charge in [0, 0.05) is 16.2 Å². The molecule has 0 unspecified atom stereocenters. The fraction of sp³-hybridized carbons (Fsp3) is 0.200. The van der Waals surface area contributed by atoms with Crippen LogP contribution in [-0.2, 0) is 14.3 Å². The molecule has 4 nitrogen and oxygen atoms in total. The predicted octanol–water partition coefficient (Wildman–Crippen LogP) is 4.65. The summed E-state index contributed by atoms with van der Waals surface area (Å²) >= 11 is 3.35. The van der Waals surface area contributed by atoms with Crippen molar-refractivity contribution in [2.75, 3.05) is 5.32 Å². The van der Waals surface area contributed by atoms with Crippen molar-refractivity contribution in [1.29, 1.82) is 0 Å². The molecule has 0 fully saturated rings. The van der Waals surface area contributed by atoms with Crippen molar-refractivity contribution in [2.45, 2.75) is 26.9 Å². The number of benzene rings is 2. The number of carbonyl (C=O) groups is 2. The molecule has 0 aromatic heterocycles. The Balaban J connectivity index is 1.91. The highest BCUT2D eigenvalue weighted by atomic mass is 79.9. The van der Waals surface area contributed by atoms with Crippen molar-refractivity contribution in [3.63, 3.8) is 0 Å². The van der Waals surface area contributed by atoms with Gasteiger partial charge in [0.05, 0.1) is 0 Å². The number of ether oxygens (including phenoxy) is 1. The molecule has 1 N–H and O–H groups in total. The zero-order chi connectivity index (χ0) is 18.4. The molecule has 1 atom stereocenters. The van der Waals surface area contributed by atoms with Gasteiger partial charge in [0.2, 0.25) is 0 Å². The van der Waals surface area contributed by atoms with E-state index in [9.17, 15) is 9.59 Å². The van der Waals surface area contributed by atoms with Crippen LogP contribution in [0.4, 0.5) is 5.69 Å². The van der Waals surface area contributed by atoms with Crippen molar-refractivity contribution in [3.05, 3.63) is 69.7 Å². The minimum atomic E-state index is -0.886. The van der Waals surface area contributed by atoms with Gasteiger partial charge in [0.15, 0.2) is 6.10 Å². The monoisotopic (exact) mass is 401 g/mol. The molecular formula is C20H20BrNO3. The number of esters is 1. The van der Waals surface area contributed by atoms with E-state index in [-0.39, 0.29) is 5.91 Å². The molecule has 0 spiro atoms. The van der Waals surface area contributed by atoms with Crippen LogP contribution in [0.15, 0.2) is 53.0 Å². The highest BCUT2D eigenvalue weighted by Crippen LogP contribution is 2.16. The zero-order valence-electron chi connectivity index (χ0n) is 14.4. The van der Waals surface area contributed by atoms with Crippen LogP contribution in [0.3, 0.4) is 0 Å². The fourth-order valence-corrected chi connectivity index (χ4v) is 2.46. The molecule has 130 valence electrons. The van der Waals surface area contributed by atoms with Gasteiger partial charge in [0.25, 0.3) is 5.91 Å². The second-order valence-electron chi connectivity index (χ2n) is 5.77. The maximum Gasteiger partial charge on any atom is 0.331 e. The van der Waals surface area contributed by atoms with Crippen molar-refractivity contribution in [3.8, 4) is 0 Å². The SMILES string of the molecule is Cc1ccc(NC(=O)[C@H](C)OC(=O)/C=C/c2ccc(Br)cc2)c(C)c1. The lowest BCUT2D eigenvalue weighted by Gasteiger charge is -2.14. The summed E-state index contributed by atoms with van der Waals surface area (Å²) in [4.78, 5) is 24.0. The predicted molar refractivity (Wildman–Crippen MR) is 103 cm³/mol. The fourth-order valence-electron chi connectivity index (χ4n) is 2.19. The highest BCUT2D eigenvalue weighted by molar-refractivity contribution is 9.10. The van der Waals surface area contributed by atoms with E-state index in [1.165, 1.54) is 6.08 Å². The molecular weight excluding hydrogens is 382 g/mol. The maximum absolute atomic E-state index is 12.2. The molecule has 25 heavy (non-hydrogen) atoms. The van der Waals surface area contributed by atoms with Gasteiger partial charge in [-0.2, -0.15) is 0 Å². The highest BCUT2D eigenvalue weighted by Gasteiger charge is 2.17. The Labute approximate surface area is 156 Å². The number of hydrogen-bond acceptors (Lipinski definition) is 3. The van der Waals surface area contributed by atoms with E-state index >= 15 is 0 Å². The number of rotatable bonds is 5. The average molecular weight is 402 g/mol. The van der Waals surface area contributed by atoms with Crippen LogP contribution in [0.2, 0.25) is 0 Å². The number of amides is 1. The molecule has 2 rings (SSSR count). The summed E-state index contributed by atoms with van der Waals surface area (Å²) in [5.74, 6) is -0.927. The minimum Gasteiger partial charge on any atom is -0.449 e. The molecule has 0 saturated heterocycles. The molecule has 1 amide bonds. The molecule has 2 aromatic rings. The molecule has 0 aliphatic carbocycles. The van der Waals surface area contributed by atoms with Gasteiger partial charge in [-0.05, 0) is 56.2 Å². The second kappa shape index (κ2) is 8.62. The Morgan fingerprint density at radius 2 is 1.80 bits per heavy atom. The van der Waals surface area contributed by atoms with Crippen molar-refractivity contribution >= 4 is 39.6 Å². The summed E-state index contributed by atoms with van der Waals surface area (Å²) in [5.41, 5.74) is 3.66. The van der Waals surface area contributed by atoms with E-state index in [2.05, 4.69) is 21.2 Å². The number of aryl methyl sites for hydroxylation is 2. The number of nitrogens with one attached hydrogen (secondary N) is 1. The van der Waals surface area contributed by atoms with Crippen LogP contribution in [0.1, 0.15) is 23.6 Å². The Morgan fingerprint density at radius 1 is 1.12 bits per heavy atom. The van der Waals surface area contributed by atoms with Crippen LogP contribution in [0, 0.1) is 13.8 Å². The first kappa shape index (κ1) is 18.9. The van der Waals surface area contributed by atoms with Gasteiger partial charge in [-0.1, -0.05) is 45.8 Å². The van der Waals surface area contributed by atoms with Gasteiger partial charge in [-0.3, -0.25) is 4.79 Å². The number of anilines is 1. The first-order valence-electron chi connectivity index (χ1n) is 7.87. The summed E-state index contributed by atoms with van der Waals surface area (Å²) < 4.78 is 6.11. The Bertz CT molecular complexity index is 797. The zero-order valence-corrected chi connectivity index (χ0v) is 16.0. The average Bonchev–Trinajstić information content (AvgIpc) is 2.56. The molecule has 0 aliphatic rings. The van der Waals surface area contributed by atoms with Crippen molar-refractivity contribution in [1.82, 2.24) is 0 Å². The number of hydrogen-bond donors (Lipinski definition) is 1. The molecule has 0 bridgehead atoms. The third-order valence-electron chi connectivity index (χ3n) is 3.58. The molecule has 0 saturated carbocycles. The van der Waals surface area contributed by atoms with Gasteiger partial charge < -0.3 is 10.1 Å². The van der Waals surface area contributed by atoms with Crippen LogP contribution in [0.5, 0.6) is 0 Å². The molecule has 2 aromatic carbocycles. The van der Waals surface area contributed by atoms with Crippen molar-refractivity contribution < 1.29 is 14.3 Å². The van der Waals surface area contributed by atoms with Gasteiger partial charge in [-0.25, -0.2) is 4.79 Å². The lowest BCUT2D eigenvalue weighted by molar-refractivity contribution is -0.148. The van der Waals surface area contributed by atoms with E-state index in [0.29, 0.717) is 5.69 Å². The van der Waals surface area contributed by atoms with E-state index < -0.39 is 12.1 Å². The Hall–Kier alpha value is -2.40. The third-order valence-corrected chi connectivity index (χ3v) is 4.11. The Kier molecular flexibility index (Phi) is 6.53. The summed E-state index contributed by atoms with van der Waals surface area (Å²) in [7, 11) is 0. The summed E-state index contributed by atoms with van der Waals surface area (Å²) in [6.45, 7) is 5.45. The molecule has 0 radical (unpaired) electrons. The van der Waals surface area contributed by atoms with E-state index in [0.717, 1.165) is 21.2 Å². The van der Waals surface area contributed by atoms with Crippen molar-refractivity contribution in [2.24, 2.45) is 0 Å². The lowest BCUT2D eigenvalue weighted by Crippen LogP contribution is -2.29. The standard InChI is InChI=1S/C20H20BrNO3/c1-13-4-10-18(14(2)12-13)22-20(24)15(3)25-19(23)11-7-16-5-8-17(21)9-6-16/h4-12,15H,1-3H3,(H,22,24)/b11-7+/t15-/m0/s1. The Morgan fingerprint density at radius 3 is 2.44 bits per heavy atom. The maximum atomic E-state index is 12.2. The number of carbonyl (C=O) groups excluding carboxylic acids is 2. The van der Waals surface area contributed by atoms with E-state index in [1.807, 2.05) is 56.3 Å². The minimum absolute atomic E-state index is 0.364. The third kappa shape index (κ3) is 5.87. The lowest BCUT2D eigenvalue weighted by atomic mass is 10.1. The van der Waals surface area contributed by atoms with Crippen LogP contribution < -0.4 is 5.32 Å². The summed E-state index contributed by atoms with van der Waals surface area (Å²) in [5, 5.41) is 2.78. The number of halogens is 1. The van der Waals surface area contributed by atoms with Gasteiger partial charge >= 0.3 is 5.97 Å². The summed E-state index contributed by atoms with van der Waals surface area (Å²) in [6.07, 6.45) is 2.07. The van der Waals surface area contributed by atoms with Gasteiger partial charge in [0.1, 0.15) is 0 Å². The first-order chi connectivity index (χ1) is 11.8. The van der Waals surface area contributed by atoms with Crippen LogP contribution in [0.25, 0.3) is 6.08 Å². The smallest absolute Gasteiger partial charge is 0.331 e. The van der Waals surface area contributed by atoms with E-state index in [1.54, 1.807) is 13.0 Å². The largest absolute Gasteiger partial charge is 0.449 e. The first-order valence-corrected chi connectivity index (χ1v) is 8.67. The summed E-state index contributed by atoms with van der Waals surface area (Å²) in [6, 6.07) is 13.2. The normalized spacial score (nSPS) is 12.0. The molecule has 0 heterocycles. The quantitative estimate of drug-likeness (QED) is 0.585. The van der Waals surface area contributed by atoms with E-state index in [4.69, 9.17) is 4.74 Å². The van der Waals surface area contributed by atoms with Gasteiger partial charge in [-0.15, -0.1) is 0 Å². The molecule has 5 heteroatoms. The second-order valence-corrected chi connectivity index (χ2v) is 6.69. The topological polar surface area (TPSA) is 55.4 Å². The van der Waals surface area contributed by atoms with Crippen LogP contribution in [-0.4, -0.2) is 18.0 Å². The van der Waals surface area contributed by atoms with Crippen LogP contribution >= 0.6 is 15.9 Å². The molecule has 0 aliphatic heterocycles.